The van der Waals surface area contributed by atoms with Crippen LogP contribution in [0.15, 0.2) is 30.3 Å². The highest BCUT2D eigenvalue weighted by Gasteiger charge is 2.21. The van der Waals surface area contributed by atoms with Gasteiger partial charge in [0.1, 0.15) is 0 Å². The standard InChI is InChI=1S/C12H14INO/c13-11-6-8-14(9-7-11)12(15)10-4-2-1-3-5-10/h1-5,11H,6-9H2. The predicted octanol–water partition coefficient (Wildman–Crippen LogP) is 2.73. The first kappa shape index (κ1) is 10.9. The Hall–Kier alpha value is -0.580. The Balaban J connectivity index is 2.03. The maximum atomic E-state index is 12.0. The van der Waals surface area contributed by atoms with Crippen molar-refractivity contribution in [2.24, 2.45) is 0 Å². The van der Waals surface area contributed by atoms with Gasteiger partial charge in [0.25, 0.3) is 5.91 Å². The Morgan fingerprint density at radius 3 is 2.40 bits per heavy atom. The van der Waals surface area contributed by atoms with Crippen molar-refractivity contribution in [1.82, 2.24) is 4.90 Å². The molecule has 2 rings (SSSR count). The second-order valence-corrected chi connectivity index (χ2v) is 5.59. The van der Waals surface area contributed by atoms with Crippen LogP contribution in [0.2, 0.25) is 0 Å². The van der Waals surface area contributed by atoms with Crippen LogP contribution in [0.5, 0.6) is 0 Å². The number of halogens is 1. The van der Waals surface area contributed by atoms with Gasteiger partial charge in [-0.15, -0.1) is 0 Å². The lowest BCUT2D eigenvalue weighted by molar-refractivity contribution is 0.0729. The van der Waals surface area contributed by atoms with Crippen LogP contribution in [-0.4, -0.2) is 27.8 Å². The van der Waals surface area contributed by atoms with E-state index >= 15 is 0 Å². The number of likely N-dealkylation sites (tertiary alicyclic amines) is 1. The number of hydrogen-bond donors (Lipinski definition) is 0. The third-order valence-electron chi connectivity index (χ3n) is 2.73. The minimum atomic E-state index is 0.180. The Morgan fingerprint density at radius 2 is 1.80 bits per heavy atom. The van der Waals surface area contributed by atoms with Gasteiger partial charge in [0.05, 0.1) is 0 Å². The second kappa shape index (κ2) is 4.96. The van der Waals surface area contributed by atoms with E-state index in [1.807, 2.05) is 35.2 Å². The van der Waals surface area contributed by atoms with Gasteiger partial charge in [0.15, 0.2) is 0 Å². The number of piperidine rings is 1. The molecule has 0 saturated carbocycles. The molecule has 1 aliphatic rings. The van der Waals surface area contributed by atoms with Gasteiger partial charge in [0, 0.05) is 22.6 Å². The van der Waals surface area contributed by atoms with Crippen LogP contribution in [0.3, 0.4) is 0 Å². The molecule has 1 fully saturated rings. The van der Waals surface area contributed by atoms with Crippen molar-refractivity contribution in [3.8, 4) is 0 Å². The third-order valence-corrected chi connectivity index (χ3v) is 3.98. The number of benzene rings is 1. The van der Waals surface area contributed by atoms with Crippen LogP contribution in [0, 0.1) is 0 Å². The summed E-state index contributed by atoms with van der Waals surface area (Å²) < 4.78 is 0.738. The molecule has 0 atom stereocenters. The molecule has 80 valence electrons. The van der Waals surface area contributed by atoms with Gasteiger partial charge in [0.2, 0.25) is 0 Å². The van der Waals surface area contributed by atoms with Crippen LogP contribution in [0.1, 0.15) is 23.2 Å². The molecule has 0 N–H and O–H groups in total. The van der Waals surface area contributed by atoms with Crippen molar-refractivity contribution in [3.63, 3.8) is 0 Å². The molecule has 0 unspecified atom stereocenters. The summed E-state index contributed by atoms with van der Waals surface area (Å²) in [5, 5.41) is 0. The van der Waals surface area contributed by atoms with Gasteiger partial charge >= 0.3 is 0 Å². The molecule has 1 heterocycles. The molecule has 0 aliphatic carbocycles. The molecular weight excluding hydrogens is 301 g/mol. The van der Waals surface area contributed by atoms with Crippen LogP contribution < -0.4 is 0 Å². The molecule has 0 radical (unpaired) electrons. The second-order valence-electron chi connectivity index (χ2n) is 3.83. The number of rotatable bonds is 1. The van der Waals surface area contributed by atoms with E-state index in [0.717, 1.165) is 35.4 Å². The van der Waals surface area contributed by atoms with E-state index in [1.165, 1.54) is 0 Å². The van der Waals surface area contributed by atoms with Crippen LogP contribution in [0.25, 0.3) is 0 Å². The molecule has 1 aromatic carbocycles. The van der Waals surface area contributed by atoms with E-state index in [-0.39, 0.29) is 5.91 Å². The molecule has 2 nitrogen and oxygen atoms in total. The Labute approximate surface area is 104 Å². The van der Waals surface area contributed by atoms with E-state index in [0.29, 0.717) is 0 Å². The van der Waals surface area contributed by atoms with Gasteiger partial charge in [-0.25, -0.2) is 0 Å². The highest BCUT2D eigenvalue weighted by atomic mass is 127. The normalized spacial score (nSPS) is 17.8. The van der Waals surface area contributed by atoms with Gasteiger partial charge in [-0.05, 0) is 25.0 Å². The lowest BCUT2D eigenvalue weighted by atomic mass is 10.1. The van der Waals surface area contributed by atoms with Gasteiger partial charge < -0.3 is 4.90 Å². The molecule has 15 heavy (non-hydrogen) atoms. The number of carbonyl (C=O) groups excluding carboxylic acids is 1. The topological polar surface area (TPSA) is 20.3 Å². The SMILES string of the molecule is O=C(c1ccccc1)N1CCC(I)CC1. The van der Waals surface area contributed by atoms with Crippen molar-refractivity contribution < 1.29 is 4.79 Å². The fourth-order valence-corrected chi connectivity index (χ4v) is 2.37. The summed E-state index contributed by atoms with van der Waals surface area (Å²) in [6.45, 7) is 1.81. The molecule has 0 aromatic heterocycles. The highest BCUT2D eigenvalue weighted by Crippen LogP contribution is 2.19. The smallest absolute Gasteiger partial charge is 0.253 e. The molecule has 0 spiro atoms. The monoisotopic (exact) mass is 315 g/mol. The molecule has 3 heteroatoms. The minimum Gasteiger partial charge on any atom is -0.339 e. The van der Waals surface area contributed by atoms with Crippen LogP contribution in [0.4, 0.5) is 0 Å². The van der Waals surface area contributed by atoms with E-state index < -0.39 is 0 Å². The van der Waals surface area contributed by atoms with Gasteiger partial charge in [-0.1, -0.05) is 40.8 Å². The maximum absolute atomic E-state index is 12.0. The van der Waals surface area contributed by atoms with Crippen molar-refractivity contribution in [3.05, 3.63) is 35.9 Å². The Morgan fingerprint density at radius 1 is 1.20 bits per heavy atom. The van der Waals surface area contributed by atoms with E-state index in [1.54, 1.807) is 0 Å². The summed E-state index contributed by atoms with van der Waals surface area (Å²) in [5.74, 6) is 0.180. The third kappa shape index (κ3) is 2.71. The minimum absolute atomic E-state index is 0.180. The quantitative estimate of drug-likeness (QED) is 0.576. The fraction of sp³-hybridized carbons (Fsp3) is 0.417. The Bertz CT molecular complexity index is 331. The van der Waals surface area contributed by atoms with E-state index in [9.17, 15) is 4.79 Å². The van der Waals surface area contributed by atoms with Crippen molar-refractivity contribution in [1.29, 1.82) is 0 Å². The summed E-state index contributed by atoms with van der Waals surface area (Å²) >= 11 is 2.47. The molecule has 1 saturated heterocycles. The molecule has 1 aromatic rings. The average Bonchev–Trinajstić information content (AvgIpc) is 2.30. The number of carbonyl (C=O) groups is 1. The van der Waals surface area contributed by atoms with Gasteiger partial charge in [-0.2, -0.15) is 0 Å². The summed E-state index contributed by atoms with van der Waals surface area (Å²) in [6.07, 6.45) is 2.25. The lowest BCUT2D eigenvalue weighted by Gasteiger charge is -2.29. The first-order chi connectivity index (χ1) is 7.27. The molecular formula is C12H14INO. The first-order valence-corrected chi connectivity index (χ1v) is 6.50. The summed E-state index contributed by atoms with van der Waals surface area (Å²) in [4.78, 5) is 14.0. The van der Waals surface area contributed by atoms with Crippen molar-refractivity contribution in [2.75, 3.05) is 13.1 Å². The zero-order valence-electron chi connectivity index (χ0n) is 8.53. The molecule has 1 amide bonds. The predicted molar refractivity (Wildman–Crippen MR) is 69.4 cm³/mol. The Kier molecular flexibility index (Phi) is 3.61. The number of amides is 1. The summed E-state index contributed by atoms with van der Waals surface area (Å²) in [7, 11) is 0. The molecule has 0 bridgehead atoms. The summed E-state index contributed by atoms with van der Waals surface area (Å²) in [6, 6.07) is 9.54. The van der Waals surface area contributed by atoms with Crippen molar-refractivity contribution in [2.45, 2.75) is 16.8 Å². The zero-order chi connectivity index (χ0) is 10.7. The van der Waals surface area contributed by atoms with E-state index in [4.69, 9.17) is 0 Å². The largest absolute Gasteiger partial charge is 0.339 e. The number of hydrogen-bond acceptors (Lipinski definition) is 1. The summed E-state index contributed by atoms with van der Waals surface area (Å²) in [5.41, 5.74) is 0.810. The van der Waals surface area contributed by atoms with E-state index in [2.05, 4.69) is 22.6 Å². The molecule has 1 aliphatic heterocycles. The fourth-order valence-electron chi connectivity index (χ4n) is 1.81. The van der Waals surface area contributed by atoms with Crippen LogP contribution in [-0.2, 0) is 0 Å². The number of alkyl halides is 1. The highest BCUT2D eigenvalue weighted by molar-refractivity contribution is 14.1. The average molecular weight is 315 g/mol. The van der Waals surface area contributed by atoms with Gasteiger partial charge in [-0.3, -0.25) is 4.79 Å². The maximum Gasteiger partial charge on any atom is 0.253 e. The zero-order valence-corrected chi connectivity index (χ0v) is 10.7. The number of nitrogens with zero attached hydrogens (tertiary/aromatic N) is 1. The lowest BCUT2D eigenvalue weighted by Crippen LogP contribution is -2.38. The van der Waals surface area contributed by atoms with Crippen molar-refractivity contribution >= 4 is 28.5 Å². The van der Waals surface area contributed by atoms with Crippen LogP contribution >= 0.6 is 22.6 Å². The first-order valence-electron chi connectivity index (χ1n) is 5.26.